The molecule has 0 saturated carbocycles. The number of aromatic nitrogens is 11. The molecule has 20 rings (SSSR count). The number of carbonyl (C=O) groups excluding carboxylic acids is 8. The number of thiophene rings is 1. The lowest BCUT2D eigenvalue weighted by Crippen LogP contribution is -2.48. The minimum atomic E-state index is -1.16. The summed E-state index contributed by atoms with van der Waals surface area (Å²) in [4.78, 5) is 170. The van der Waals surface area contributed by atoms with Gasteiger partial charge in [-0.3, -0.25) is 47.8 Å². The first-order chi connectivity index (χ1) is 70.3. The number of H-pyrrole nitrogens is 1. The highest BCUT2D eigenvalue weighted by Crippen LogP contribution is 2.47. The van der Waals surface area contributed by atoms with Crippen LogP contribution in [0, 0.1) is 65.2 Å². The number of nitrogens with zero attached hydrogens (tertiary/aromatic N) is 18. The Hall–Kier alpha value is -13.2. The number of β-amino-alcohol motifs (C(OH)–C–C–N with tert-alkyl or cyclic N) is 4. The van der Waals surface area contributed by atoms with Gasteiger partial charge in [0, 0.05) is 112 Å². The number of aliphatic imine (C=N–C) groups is 4. The molecule has 8 aliphatic rings. The van der Waals surface area contributed by atoms with E-state index in [4.69, 9.17) is 18.6 Å². The lowest BCUT2D eigenvalue weighted by Gasteiger charge is -2.30. The van der Waals surface area contributed by atoms with E-state index in [0.29, 0.717) is 78.8 Å². The second-order valence-corrected chi connectivity index (χ2v) is 45.6. The molecule has 8 amide bonds. The number of nitrogens with one attached hydrogen (secondary N) is 2. The average molecular weight is 2090 g/mol. The number of amides is 8. The van der Waals surface area contributed by atoms with Crippen molar-refractivity contribution in [2.45, 2.75) is 264 Å². The number of carbonyl (C=O) groups is 8. The van der Waals surface area contributed by atoms with Crippen molar-refractivity contribution < 1.29 is 72.4 Å². The maximum atomic E-state index is 13.8. The van der Waals surface area contributed by atoms with Crippen LogP contribution in [-0.2, 0) is 67.2 Å². The number of aliphatic hydroxyl groups is 4. The van der Waals surface area contributed by atoms with Gasteiger partial charge < -0.3 is 58.9 Å². The van der Waals surface area contributed by atoms with Gasteiger partial charge in [0.2, 0.25) is 35.4 Å². The molecule has 12 aromatic rings. The second kappa shape index (κ2) is 42.8. The standard InChI is InChI=1S/C27H32N6O3S.2C27H31N5O4S.C27H30N4O5S/c1-15(2)23(21-13-32(5)31-30-21)25(35)33-12-19(34)10-22(33)20-11-27(4,26(36)29-20)18-8-6-17(7-9-18)24-16(3)28-14-37-24;2*1-14(2)22(24-29-16(4)31-36-24)25(34)32-12-19(33)10-21(32)20-11-27(5,26(35)30-20)18-8-6-17(7-9-18)23-15(3)28-13-37-23;1-14(2)22(20-12-21(33)30-36-20)25(34)31-13-18(32)11-19(31)24-28-26(35)27(4,29-24)17-7-5-16(6-8-17)23-15(3)9-10-37-23/h6-9,13-15,19,22-23,34H,10-12H2,1-5H3;2*6-9,13-14,19,21-22,33H,10-12H2,1-5H3;5-10,12,14,18-19,22,32H,11,13H2,1-4H3,(H,30,33)(H,28,29,35)/t19?,22?,23?,27-;19-,21-,22+,27+;19-,21-,22-,27+;18-,19-,22+,27+/m0111/s1. The van der Waals surface area contributed by atoms with Gasteiger partial charge in [-0.25, -0.2) is 34.9 Å². The Balaban J connectivity index is 0.000000135. The first kappa shape index (κ1) is 106. The van der Waals surface area contributed by atoms with Crippen molar-refractivity contribution in [2.24, 2.45) is 50.7 Å². The third-order valence-electron chi connectivity index (χ3n) is 29.8. The van der Waals surface area contributed by atoms with Gasteiger partial charge in [-0.05, 0) is 154 Å². The highest BCUT2D eigenvalue weighted by molar-refractivity contribution is 7.14. The molecule has 4 saturated heterocycles. The number of likely N-dealkylation sites (tertiary alicyclic amines) is 4. The topological polar surface area (TPSA) is 485 Å². The Morgan fingerprint density at radius 1 is 0.439 bits per heavy atom. The molecule has 0 spiro atoms. The second-order valence-electron chi connectivity index (χ2n) is 42.1. The van der Waals surface area contributed by atoms with Gasteiger partial charge in [-0.1, -0.05) is 168 Å². The minimum Gasteiger partial charge on any atom is -0.391 e. The molecule has 40 heteroatoms. The van der Waals surface area contributed by atoms with Crippen molar-refractivity contribution in [2.75, 3.05) is 26.2 Å². The summed E-state index contributed by atoms with van der Waals surface area (Å²) >= 11 is 6.44. The summed E-state index contributed by atoms with van der Waals surface area (Å²) in [6.07, 6.45) is 1.40. The molecular weight excluding hydrogens is 1960 g/mol. The van der Waals surface area contributed by atoms with Gasteiger partial charge in [0.15, 0.2) is 22.9 Å². The Kier molecular flexibility index (Phi) is 30.7. The van der Waals surface area contributed by atoms with E-state index in [-0.39, 0.29) is 121 Å². The van der Waals surface area contributed by atoms with E-state index in [0.717, 1.165) is 76.2 Å². The Morgan fingerprint density at radius 2 is 0.784 bits per heavy atom. The molecule has 0 aliphatic carbocycles. The van der Waals surface area contributed by atoms with Gasteiger partial charge in [-0.15, -0.1) is 50.4 Å². The third kappa shape index (κ3) is 21.1. The zero-order valence-corrected chi connectivity index (χ0v) is 89.4. The Bertz CT molecular complexity index is 6690. The van der Waals surface area contributed by atoms with Crippen LogP contribution in [0.5, 0.6) is 0 Å². The van der Waals surface area contributed by atoms with Crippen molar-refractivity contribution in [3.8, 4) is 41.8 Å². The third-order valence-corrected chi connectivity index (χ3v) is 33.8. The number of rotatable bonds is 24. The number of benzene rings is 4. The molecule has 4 fully saturated rings. The maximum absolute atomic E-state index is 13.8. The number of hydrogen-bond acceptors (Lipinski definition) is 30. The Morgan fingerprint density at radius 3 is 1.09 bits per heavy atom. The summed E-state index contributed by atoms with van der Waals surface area (Å²) in [5.74, 6) is -2.57. The summed E-state index contributed by atoms with van der Waals surface area (Å²) in [5.41, 5.74) is 15.7. The van der Waals surface area contributed by atoms with E-state index in [1.54, 1.807) is 98.7 Å². The first-order valence-corrected chi connectivity index (χ1v) is 53.4. The summed E-state index contributed by atoms with van der Waals surface area (Å²) in [6.45, 7) is 34.9. The SMILES string of the molecule is Cc1ccsc1-c1ccc([C@]2(C)N=C([C@H]3C[C@@H](O)CN3C(=O)[C@H](c3cc(=O)[nH]o3)C(C)C)NC2=O)cc1.Cc1ncsc1-c1ccc([C@]2(C)CC(C3CC(O)CN3C(=O)C(c3cn(C)nn3)C(C)C)=NC2=O)cc1.Cc1noc([C@@H](C(=O)N2C[C@H](O)C[C@@H]2C2=NC(=O)[C@](C)(c3ccc(-c4scnc4C)cc3)C2)C(C)C)n1.Cc1noc([C@H](C(=O)N2C[C@H](O)C[C@@H]2C2=NC(=O)[C@](C)(c3ccc(-c4scnc4C)cc3)C2)C(C)C)n1. The van der Waals surface area contributed by atoms with Gasteiger partial charge in [0.25, 0.3) is 29.2 Å². The molecule has 8 aromatic heterocycles. The molecule has 776 valence electrons. The molecule has 4 aromatic carbocycles. The van der Waals surface area contributed by atoms with E-state index in [1.165, 1.54) is 21.4 Å². The fourth-order valence-corrected chi connectivity index (χ4v) is 24.9. The highest BCUT2D eigenvalue weighted by Gasteiger charge is 2.55. The zero-order valence-electron chi connectivity index (χ0n) is 86.2. The van der Waals surface area contributed by atoms with Gasteiger partial charge in [0.1, 0.15) is 23.6 Å². The van der Waals surface area contributed by atoms with Crippen LogP contribution in [0.4, 0.5) is 0 Å². The van der Waals surface area contributed by atoms with Crippen molar-refractivity contribution in [1.82, 2.24) is 80.3 Å². The molecule has 36 nitrogen and oxygen atoms in total. The van der Waals surface area contributed by atoms with Crippen molar-refractivity contribution in [1.29, 1.82) is 0 Å². The molecule has 6 N–H and O–H groups in total. The summed E-state index contributed by atoms with van der Waals surface area (Å²) in [5, 5.41) is 65.2. The number of hydrogen-bond donors (Lipinski definition) is 6. The Labute approximate surface area is 872 Å². The largest absolute Gasteiger partial charge is 0.391 e. The minimum absolute atomic E-state index is 0.0132. The number of aliphatic hydroxyl groups excluding tert-OH is 4. The van der Waals surface area contributed by atoms with Gasteiger partial charge in [0.05, 0.1) is 125 Å². The number of aryl methyl sites for hydroxylation is 7. The van der Waals surface area contributed by atoms with Crippen LogP contribution in [0.1, 0.15) is 231 Å². The molecule has 16 atom stereocenters. The van der Waals surface area contributed by atoms with Crippen LogP contribution in [0.3, 0.4) is 0 Å². The van der Waals surface area contributed by atoms with Crippen molar-refractivity contribution in [3.63, 3.8) is 0 Å². The normalized spacial score (nSPS) is 24.6. The zero-order chi connectivity index (χ0) is 106. The molecule has 3 unspecified atom stereocenters. The van der Waals surface area contributed by atoms with Crippen molar-refractivity contribution in [3.05, 3.63) is 227 Å². The van der Waals surface area contributed by atoms with Crippen LogP contribution >= 0.6 is 45.3 Å². The van der Waals surface area contributed by atoms with Crippen molar-refractivity contribution >= 4 is 116 Å². The summed E-state index contributed by atoms with van der Waals surface area (Å²) in [7, 11) is 1.77. The molecule has 148 heavy (non-hydrogen) atoms. The first-order valence-electron chi connectivity index (χ1n) is 49.9. The molecule has 16 heterocycles. The molecule has 0 radical (unpaired) electrons. The lowest BCUT2D eigenvalue weighted by atomic mass is 9.78. The monoisotopic (exact) mass is 2080 g/mol. The van der Waals surface area contributed by atoms with E-state index < -0.39 is 99.6 Å². The van der Waals surface area contributed by atoms with Crippen LogP contribution in [-0.4, -0.2) is 240 Å². The maximum Gasteiger partial charge on any atom is 0.280 e. The van der Waals surface area contributed by atoms with Crippen LogP contribution in [0.2, 0.25) is 0 Å². The summed E-state index contributed by atoms with van der Waals surface area (Å²) in [6, 6.07) is 33.2. The molecular formula is C108H124N20O16S4. The van der Waals surface area contributed by atoms with Crippen LogP contribution < -0.4 is 10.9 Å². The molecule has 8 aliphatic heterocycles. The molecule has 0 bridgehead atoms. The van der Waals surface area contributed by atoms with E-state index in [2.05, 4.69) is 89.4 Å². The van der Waals surface area contributed by atoms with Gasteiger partial charge >= 0.3 is 0 Å². The fraction of sp³-hybridized carbons (Fsp3) is 0.463. The number of thiazole rings is 3. The van der Waals surface area contributed by atoms with Gasteiger partial charge in [-0.2, -0.15) is 15.1 Å². The predicted octanol–water partition coefficient (Wildman–Crippen LogP) is 14.1. The van der Waals surface area contributed by atoms with E-state index in [1.807, 2.05) is 211 Å². The number of amidine groups is 1. The summed E-state index contributed by atoms with van der Waals surface area (Å²) < 4.78 is 17.5. The van der Waals surface area contributed by atoms with E-state index >= 15 is 0 Å². The smallest absolute Gasteiger partial charge is 0.280 e. The predicted molar refractivity (Wildman–Crippen MR) is 561 cm³/mol. The van der Waals surface area contributed by atoms with Crippen LogP contribution in [0.25, 0.3) is 41.8 Å². The fourth-order valence-electron chi connectivity index (χ4n) is 21.5. The average Bonchev–Trinajstić information content (AvgIpc) is 1.61. The number of aromatic amines is 1. The van der Waals surface area contributed by atoms with E-state index in [9.17, 15) is 63.6 Å². The lowest BCUT2D eigenvalue weighted by molar-refractivity contribution is -0.135. The van der Waals surface area contributed by atoms with Crippen LogP contribution in [0.15, 0.2) is 176 Å². The quantitative estimate of drug-likeness (QED) is 0.0327. The highest BCUT2D eigenvalue weighted by atomic mass is 32.1.